The molecule has 0 aromatic heterocycles. The number of halogens is 1. The van der Waals surface area contributed by atoms with Crippen LogP contribution in [0.2, 0.25) is 5.02 Å². The Kier molecular flexibility index (Phi) is 4.74. The quantitative estimate of drug-likeness (QED) is 0.647. The fraction of sp³-hybridized carbons (Fsp3) is 0.278. The van der Waals surface area contributed by atoms with Crippen LogP contribution in [0.25, 0.3) is 0 Å². The molecule has 3 rings (SSSR count). The summed E-state index contributed by atoms with van der Waals surface area (Å²) in [6.45, 7) is 0.0908. The molecule has 1 amide bonds. The zero-order valence-corrected chi connectivity index (χ0v) is 14.1. The van der Waals surface area contributed by atoms with Crippen LogP contribution in [0.15, 0.2) is 42.5 Å². The van der Waals surface area contributed by atoms with Gasteiger partial charge in [-0.1, -0.05) is 35.9 Å². The topological polar surface area (TPSA) is 92.5 Å². The van der Waals surface area contributed by atoms with E-state index in [1.807, 2.05) is 24.3 Å². The second-order valence-corrected chi connectivity index (χ2v) is 6.68. The molecule has 1 aliphatic rings. The number of nitrogens with one attached hydrogen (secondary N) is 1. The lowest BCUT2D eigenvalue weighted by molar-refractivity contribution is -0.384. The Morgan fingerprint density at radius 2 is 2.00 bits per heavy atom. The molecule has 25 heavy (non-hydrogen) atoms. The molecule has 2 aromatic rings. The predicted octanol–water partition coefficient (Wildman–Crippen LogP) is 2.90. The van der Waals surface area contributed by atoms with Gasteiger partial charge in [0, 0.05) is 25.1 Å². The molecule has 2 N–H and O–H groups in total. The van der Waals surface area contributed by atoms with Crippen LogP contribution in [0.5, 0.6) is 0 Å². The summed E-state index contributed by atoms with van der Waals surface area (Å²) in [6, 6.07) is 11.6. The van der Waals surface area contributed by atoms with Crippen molar-refractivity contribution in [3.8, 4) is 0 Å². The summed E-state index contributed by atoms with van der Waals surface area (Å²) >= 11 is 5.96. The number of aryl methyl sites for hydroxylation is 1. The molecule has 130 valence electrons. The molecule has 1 unspecified atom stereocenters. The first-order valence-corrected chi connectivity index (χ1v) is 8.27. The van der Waals surface area contributed by atoms with Gasteiger partial charge in [-0.05, 0) is 30.0 Å². The lowest BCUT2D eigenvalue weighted by Crippen LogP contribution is -2.46. The summed E-state index contributed by atoms with van der Waals surface area (Å²) in [6.07, 6.45) is 1.77. The number of non-ortho nitro benzene ring substituents is 1. The number of nitrogens with zero attached hydrogens (tertiary/aromatic N) is 1. The van der Waals surface area contributed by atoms with Crippen LogP contribution in [0.4, 0.5) is 5.69 Å². The van der Waals surface area contributed by atoms with Gasteiger partial charge in [0.2, 0.25) is 0 Å². The average molecular weight is 361 g/mol. The van der Waals surface area contributed by atoms with Crippen LogP contribution >= 0.6 is 11.6 Å². The number of hydrogen-bond donors (Lipinski definition) is 2. The van der Waals surface area contributed by atoms with Crippen molar-refractivity contribution in [1.82, 2.24) is 5.32 Å². The molecule has 0 fully saturated rings. The van der Waals surface area contributed by atoms with E-state index in [1.54, 1.807) is 0 Å². The third kappa shape index (κ3) is 3.81. The van der Waals surface area contributed by atoms with E-state index in [0.717, 1.165) is 18.1 Å². The molecule has 1 atom stereocenters. The molecule has 0 bridgehead atoms. The molecule has 7 heteroatoms. The smallest absolute Gasteiger partial charge is 0.270 e. The van der Waals surface area contributed by atoms with E-state index < -0.39 is 16.4 Å². The van der Waals surface area contributed by atoms with Gasteiger partial charge in [-0.3, -0.25) is 14.9 Å². The SMILES string of the molecule is O=C(NCC1(O)CCc2ccccc2C1)c1ccc([N+](=O)[O-])cc1Cl. The number of hydrogen-bond acceptors (Lipinski definition) is 4. The zero-order valence-electron chi connectivity index (χ0n) is 13.4. The van der Waals surface area contributed by atoms with Crippen molar-refractivity contribution in [1.29, 1.82) is 0 Å². The summed E-state index contributed by atoms with van der Waals surface area (Å²) in [5.41, 5.74) is 1.25. The van der Waals surface area contributed by atoms with Crippen molar-refractivity contribution in [3.05, 3.63) is 74.3 Å². The Hall–Kier alpha value is -2.44. The summed E-state index contributed by atoms with van der Waals surface area (Å²) in [5.74, 6) is -0.466. The lowest BCUT2D eigenvalue weighted by atomic mass is 9.80. The molecular formula is C18H17ClN2O4. The third-order valence-corrected chi connectivity index (χ3v) is 4.80. The Morgan fingerprint density at radius 3 is 2.68 bits per heavy atom. The molecule has 0 spiro atoms. The molecule has 0 radical (unpaired) electrons. The minimum atomic E-state index is -1.02. The lowest BCUT2D eigenvalue weighted by Gasteiger charge is -2.33. The summed E-state index contributed by atoms with van der Waals surface area (Å²) in [7, 11) is 0. The molecule has 2 aromatic carbocycles. The normalized spacial score (nSPS) is 19.1. The van der Waals surface area contributed by atoms with Gasteiger partial charge >= 0.3 is 0 Å². The van der Waals surface area contributed by atoms with Crippen LogP contribution in [0, 0.1) is 10.1 Å². The molecular weight excluding hydrogens is 344 g/mol. The van der Waals surface area contributed by atoms with E-state index in [9.17, 15) is 20.0 Å². The van der Waals surface area contributed by atoms with Crippen LogP contribution < -0.4 is 5.32 Å². The van der Waals surface area contributed by atoms with Crippen molar-refractivity contribution in [3.63, 3.8) is 0 Å². The highest BCUT2D eigenvalue weighted by Gasteiger charge is 2.32. The summed E-state index contributed by atoms with van der Waals surface area (Å²) in [4.78, 5) is 22.4. The Morgan fingerprint density at radius 1 is 1.28 bits per heavy atom. The summed E-state index contributed by atoms with van der Waals surface area (Å²) < 4.78 is 0. The largest absolute Gasteiger partial charge is 0.388 e. The van der Waals surface area contributed by atoms with E-state index in [0.29, 0.717) is 12.8 Å². The Bertz CT molecular complexity index is 840. The molecule has 0 saturated heterocycles. The van der Waals surface area contributed by atoms with Gasteiger partial charge in [0.05, 0.1) is 21.1 Å². The van der Waals surface area contributed by atoms with Crippen molar-refractivity contribution < 1.29 is 14.8 Å². The van der Waals surface area contributed by atoms with E-state index in [1.165, 1.54) is 17.7 Å². The van der Waals surface area contributed by atoms with Crippen LogP contribution in [0.1, 0.15) is 27.9 Å². The maximum absolute atomic E-state index is 12.3. The first-order valence-electron chi connectivity index (χ1n) is 7.89. The van der Waals surface area contributed by atoms with Gasteiger partial charge in [0.15, 0.2) is 0 Å². The minimum absolute atomic E-state index is 0.00711. The highest BCUT2D eigenvalue weighted by atomic mass is 35.5. The first-order chi connectivity index (χ1) is 11.9. The molecule has 0 heterocycles. The monoisotopic (exact) mass is 360 g/mol. The van der Waals surface area contributed by atoms with Gasteiger partial charge in [-0.2, -0.15) is 0 Å². The fourth-order valence-electron chi connectivity index (χ4n) is 3.08. The van der Waals surface area contributed by atoms with Crippen LogP contribution in [0.3, 0.4) is 0 Å². The van der Waals surface area contributed by atoms with Gasteiger partial charge < -0.3 is 10.4 Å². The van der Waals surface area contributed by atoms with Crippen LogP contribution in [-0.2, 0) is 12.8 Å². The fourth-order valence-corrected chi connectivity index (χ4v) is 3.34. The van der Waals surface area contributed by atoms with Crippen molar-refractivity contribution in [2.75, 3.05) is 6.54 Å². The minimum Gasteiger partial charge on any atom is -0.388 e. The number of carbonyl (C=O) groups excluding carboxylic acids is 1. The Balaban J connectivity index is 1.67. The average Bonchev–Trinajstić information content (AvgIpc) is 2.59. The number of aliphatic hydroxyl groups is 1. The van der Waals surface area contributed by atoms with E-state index >= 15 is 0 Å². The Labute approximate surface area is 149 Å². The maximum atomic E-state index is 12.3. The number of nitro benzene ring substituents is 1. The number of carbonyl (C=O) groups is 1. The van der Waals surface area contributed by atoms with E-state index in [4.69, 9.17) is 11.6 Å². The molecule has 0 saturated carbocycles. The molecule has 6 nitrogen and oxygen atoms in total. The number of rotatable bonds is 4. The van der Waals surface area contributed by atoms with Crippen molar-refractivity contribution in [2.24, 2.45) is 0 Å². The second-order valence-electron chi connectivity index (χ2n) is 6.27. The first kappa shape index (κ1) is 17.4. The standard InChI is InChI=1S/C18H17ClN2O4/c19-16-9-14(21(24)25)5-6-15(16)17(22)20-11-18(23)8-7-12-3-1-2-4-13(12)10-18/h1-6,9,23H,7-8,10-11H2,(H,20,22). The highest BCUT2D eigenvalue weighted by Crippen LogP contribution is 2.28. The maximum Gasteiger partial charge on any atom is 0.270 e. The molecule has 0 aliphatic heterocycles. The number of benzene rings is 2. The second kappa shape index (κ2) is 6.82. The van der Waals surface area contributed by atoms with Gasteiger partial charge in [0.25, 0.3) is 11.6 Å². The number of fused-ring (bicyclic) bond motifs is 1. The van der Waals surface area contributed by atoms with E-state index in [2.05, 4.69) is 5.32 Å². The number of amides is 1. The van der Waals surface area contributed by atoms with Crippen LogP contribution in [-0.4, -0.2) is 28.1 Å². The number of nitro groups is 1. The molecule has 1 aliphatic carbocycles. The van der Waals surface area contributed by atoms with Crippen molar-refractivity contribution >= 4 is 23.2 Å². The van der Waals surface area contributed by atoms with E-state index in [-0.39, 0.29) is 22.8 Å². The summed E-state index contributed by atoms with van der Waals surface area (Å²) in [5, 5.41) is 24.2. The predicted molar refractivity (Wildman–Crippen MR) is 93.9 cm³/mol. The van der Waals surface area contributed by atoms with Gasteiger partial charge in [0.1, 0.15) is 0 Å². The van der Waals surface area contributed by atoms with Gasteiger partial charge in [-0.15, -0.1) is 0 Å². The zero-order chi connectivity index (χ0) is 18.0. The highest BCUT2D eigenvalue weighted by molar-refractivity contribution is 6.34. The third-order valence-electron chi connectivity index (χ3n) is 4.48. The van der Waals surface area contributed by atoms with Gasteiger partial charge in [-0.25, -0.2) is 0 Å². The van der Waals surface area contributed by atoms with Crippen molar-refractivity contribution in [2.45, 2.75) is 24.9 Å².